The van der Waals surface area contributed by atoms with Gasteiger partial charge in [0.05, 0.1) is 16.8 Å². The lowest BCUT2D eigenvalue weighted by atomic mass is 10.1. The van der Waals surface area contributed by atoms with Crippen LogP contribution in [-0.2, 0) is 0 Å². The highest BCUT2D eigenvalue weighted by Crippen LogP contribution is 2.24. The second kappa shape index (κ2) is 4.45. The van der Waals surface area contributed by atoms with Crippen molar-refractivity contribution in [3.63, 3.8) is 0 Å². The van der Waals surface area contributed by atoms with Crippen LogP contribution in [0.4, 0.5) is 5.82 Å². The molecule has 0 unspecified atom stereocenters. The van der Waals surface area contributed by atoms with Gasteiger partial charge >= 0.3 is 0 Å². The average Bonchev–Trinajstić information content (AvgIpc) is 2.74. The number of hydrogen-bond acceptors (Lipinski definition) is 4. The van der Waals surface area contributed by atoms with Crippen molar-refractivity contribution >= 4 is 23.7 Å². The van der Waals surface area contributed by atoms with E-state index < -0.39 is 17.4 Å². The van der Waals surface area contributed by atoms with Crippen molar-refractivity contribution in [3.8, 4) is 5.69 Å². The zero-order valence-electron chi connectivity index (χ0n) is 10.9. The van der Waals surface area contributed by atoms with Gasteiger partial charge in [-0.1, -0.05) is 30.9 Å². The van der Waals surface area contributed by atoms with Crippen LogP contribution in [0, 0.1) is 0 Å². The first-order valence-electron chi connectivity index (χ1n) is 6.17. The van der Waals surface area contributed by atoms with Crippen LogP contribution >= 0.6 is 0 Å². The topological polar surface area (TPSA) is 94.2 Å². The summed E-state index contributed by atoms with van der Waals surface area (Å²) in [6.45, 7) is 3.69. The largest absolute Gasteiger partial charge is 0.384 e. The smallest absolute Gasteiger partial charge is 0.262 e. The molecule has 2 amide bonds. The Labute approximate surface area is 119 Å². The summed E-state index contributed by atoms with van der Waals surface area (Å²) in [5.41, 5.74) is 6.71. The van der Waals surface area contributed by atoms with Gasteiger partial charge in [0, 0.05) is 6.07 Å². The van der Waals surface area contributed by atoms with E-state index in [0.29, 0.717) is 11.3 Å². The third kappa shape index (κ3) is 1.77. The molecule has 0 fully saturated rings. The van der Waals surface area contributed by atoms with E-state index in [0.717, 1.165) is 6.07 Å². The molecule has 3 N–H and O–H groups in total. The number of carbonyl (C=O) groups is 2. The Morgan fingerprint density at radius 3 is 2.57 bits per heavy atom. The molecule has 0 saturated heterocycles. The van der Waals surface area contributed by atoms with Gasteiger partial charge in [-0.15, -0.1) is 0 Å². The molecule has 2 aromatic rings. The number of para-hydroxylation sites is 1. The fourth-order valence-corrected chi connectivity index (χ4v) is 2.39. The highest BCUT2D eigenvalue weighted by molar-refractivity contribution is 6.23. The van der Waals surface area contributed by atoms with Crippen molar-refractivity contribution in [2.75, 3.05) is 5.73 Å². The minimum atomic E-state index is -0.608. The molecule has 6 heteroatoms. The summed E-state index contributed by atoms with van der Waals surface area (Å²) in [5.74, 6) is -1.27. The highest BCUT2D eigenvalue weighted by Gasteiger charge is 2.31. The molecule has 1 aromatic carbocycles. The second-order valence-corrected chi connectivity index (χ2v) is 4.54. The summed E-state index contributed by atoms with van der Waals surface area (Å²) in [6.07, 6.45) is 1.58. The molecule has 21 heavy (non-hydrogen) atoms. The van der Waals surface area contributed by atoms with Gasteiger partial charge in [0.2, 0.25) is 0 Å². The van der Waals surface area contributed by atoms with Gasteiger partial charge in [-0.05, 0) is 11.6 Å². The number of nitrogen functional groups attached to an aromatic ring is 1. The summed E-state index contributed by atoms with van der Waals surface area (Å²) in [6, 6.07) is 8.12. The average molecular weight is 281 g/mol. The Morgan fingerprint density at radius 1 is 1.14 bits per heavy atom. The number of aromatic nitrogens is 1. The maximum absolute atomic E-state index is 12.3. The molecular weight excluding hydrogens is 270 g/mol. The van der Waals surface area contributed by atoms with E-state index in [-0.39, 0.29) is 16.9 Å². The van der Waals surface area contributed by atoms with Crippen LogP contribution in [0.2, 0.25) is 0 Å². The van der Waals surface area contributed by atoms with Crippen molar-refractivity contribution in [1.29, 1.82) is 0 Å². The molecular formula is C15H11N3O3. The third-order valence-corrected chi connectivity index (χ3v) is 3.35. The number of imide groups is 1. The summed E-state index contributed by atoms with van der Waals surface area (Å²) in [5, 5.41) is 2.13. The van der Waals surface area contributed by atoms with Crippen molar-refractivity contribution in [1.82, 2.24) is 9.88 Å². The number of carbonyl (C=O) groups excluding carboxylic acids is 2. The summed E-state index contributed by atoms with van der Waals surface area (Å²) in [4.78, 5) is 35.7. The van der Waals surface area contributed by atoms with Gasteiger partial charge in [-0.3, -0.25) is 24.3 Å². The Kier molecular flexibility index (Phi) is 2.72. The number of nitrogens with one attached hydrogen (secondary N) is 1. The van der Waals surface area contributed by atoms with Crippen molar-refractivity contribution in [3.05, 3.63) is 64.0 Å². The molecule has 0 radical (unpaired) electrons. The van der Waals surface area contributed by atoms with Crippen LogP contribution in [-0.4, -0.2) is 16.4 Å². The van der Waals surface area contributed by atoms with Crippen LogP contribution in [0.3, 0.4) is 0 Å². The maximum atomic E-state index is 12.3. The zero-order chi connectivity index (χ0) is 15.1. The maximum Gasteiger partial charge on any atom is 0.262 e. The van der Waals surface area contributed by atoms with Gasteiger partial charge in [0.1, 0.15) is 5.82 Å². The number of nitrogens with two attached hydrogens (primary N) is 1. The summed E-state index contributed by atoms with van der Waals surface area (Å²) >= 11 is 0. The van der Waals surface area contributed by atoms with Crippen LogP contribution in [0.15, 0.2) is 41.7 Å². The number of rotatable bonds is 2. The molecule has 0 spiro atoms. The monoisotopic (exact) mass is 281 g/mol. The molecule has 6 nitrogen and oxygen atoms in total. The van der Waals surface area contributed by atoms with Crippen molar-refractivity contribution < 1.29 is 9.59 Å². The van der Waals surface area contributed by atoms with Gasteiger partial charge in [0.15, 0.2) is 0 Å². The molecule has 0 atom stereocenters. The number of amides is 2. The van der Waals surface area contributed by atoms with E-state index in [4.69, 9.17) is 5.73 Å². The number of hydrogen-bond donors (Lipinski definition) is 2. The Balaban J connectivity index is 2.39. The standard InChI is InChI=1S/C15H11N3O3/c1-2-8-5-3-4-6-10(8)18-11(19)7-9-12(13(18)16)15(21)17-14(9)20/h2-7H,1,16H2,(H,17,20,21). The van der Waals surface area contributed by atoms with Gasteiger partial charge < -0.3 is 5.73 Å². The van der Waals surface area contributed by atoms with Crippen LogP contribution in [0.25, 0.3) is 11.8 Å². The Bertz CT molecular complexity index is 865. The number of fused-ring (bicyclic) bond motifs is 1. The highest BCUT2D eigenvalue weighted by atomic mass is 16.2. The fourth-order valence-electron chi connectivity index (χ4n) is 2.39. The normalized spacial score (nSPS) is 13.0. The van der Waals surface area contributed by atoms with E-state index in [9.17, 15) is 14.4 Å². The van der Waals surface area contributed by atoms with Gasteiger partial charge in [-0.25, -0.2) is 0 Å². The number of benzene rings is 1. The van der Waals surface area contributed by atoms with E-state index in [1.807, 2.05) is 0 Å². The van der Waals surface area contributed by atoms with E-state index in [1.165, 1.54) is 4.57 Å². The second-order valence-electron chi connectivity index (χ2n) is 4.54. The lowest BCUT2D eigenvalue weighted by Gasteiger charge is -2.14. The molecule has 1 aliphatic heterocycles. The first-order chi connectivity index (χ1) is 10.0. The number of pyridine rings is 1. The van der Waals surface area contributed by atoms with Gasteiger partial charge in [0.25, 0.3) is 17.4 Å². The number of nitrogens with zero attached hydrogens (tertiary/aromatic N) is 1. The molecule has 104 valence electrons. The van der Waals surface area contributed by atoms with Crippen molar-refractivity contribution in [2.45, 2.75) is 0 Å². The van der Waals surface area contributed by atoms with Crippen molar-refractivity contribution in [2.24, 2.45) is 0 Å². The number of anilines is 1. The first-order valence-corrected chi connectivity index (χ1v) is 6.17. The van der Waals surface area contributed by atoms with Crippen LogP contribution < -0.4 is 16.6 Å². The van der Waals surface area contributed by atoms with E-state index >= 15 is 0 Å². The predicted octanol–water partition coefficient (Wildman–Crippen LogP) is 0.946. The summed E-state index contributed by atoms with van der Waals surface area (Å²) in [7, 11) is 0. The van der Waals surface area contributed by atoms with Crippen LogP contribution in [0.5, 0.6) is 0 Å². The minimum absolute atomic E-state index is 0.00911. The lowest BCUT2D eigenvalue weighted by Crippen LogP contribution is -2.24. The van der Waals surface area contributed by atoms with E-state index in [2.05, 4.69) is 11.9 Å². The minimum Gasteiger partial charge on any atom is -0.384 e. The zero-order valence-corrected chi connectivity index (χ0v) is 10.9. The lowest BCUT2D eigenvalue weighted by molar-refractivity contribution is 0.0880. The molecule has 0 bridgehead atoms. The molecule has 3 rings (SSSR count). The molecule has 0 saturated carbocycles. The van der Waals surface area contributed by atoms with E-state index in [1.54, 1.807) is 30.3 Å². The Hall–Kier alpha value is -3.15. The third-order valence-electron chi connectivity index (χ3n) is 3.35. The molecule has 2 heterocycles. The SMILES string of the molecule is C=Cc1ccccc1-n1c(N)c2c(cc1=O)C(=O)NC2=O. The molecule has 0 aliphatic carbocycles. The summed E-state index contributed by atoms with van der Waals surface area (Å²) < 4.78 is 1.20. The predicted molar refractivity (Wildman–Crippen MR) is 78.3 cm³/mol. The molecule has 1 aromatic heterocycles. The quantitative estimate of drug-likeness (QED) is 0.801. The van der Waals surface area contributed by atoms with Gasteiger partial charge in [-0.2, -0.15) is 0 Å². The fraction of sp³-hybridized carbons (Fsp3) is 0. The Morgan fingerprint density at radius 2 is 1.86 bits per heavy atom. The molecule has 1 aliphatic rings. The van der Waals surface area contributed by atoms with Crippen LogP contribution in [0.1, 0.15) is 26.3 Å². The first kappa shape index (κ1) is 12.9.